The molecule has 1 N–H and O–H groups in total. The van der Waals surface area contributed by atoms with Gasteiger partial charge in [-0.2, -0.15) is 0 Å². The number of carbonyl (C=O) groups excluding carboxylic acids is 2. The molecular formula is C23H29Cl2N3O4S. The molecular weight excluding hydrogens is 485 g/mol. The van der Waals surface area contributed by atoms with E-state index < -0.39 is 28.5 Å². The number of halogens is 2. The summed E-state index contributed by atoms with van der Waals surface area (Å²) in [6.45, 7) is 5.36. The minimum absolute atomic E-state index is 0.0895. The van der Waals surface area contributed by atoms with Gasteiger partial charge in [-0.15, -0.1) is 0 Å². The number of aryl methyl sites for hydroxylation is 1. The molecule has 0 heterocycles. The Kier molecular flexibility index (Phi) is 9.57. The maximum Gasteiger partial charge on any atom is 0.244 e. The molecule has 0 aliphatic heterocycles. The first kappa shape index (κ1) is 27.0. The number of rotatable bonds is 10. The summed E-state index contributed by atoms with van der Waals surface area (Å²) < 4.78 is 26.2. The van der Waals surface area contributed by atoms with Crippen LogP contribution in [-0.2, 0) is 26.2 Å². The third-order valence-corrected chi connectivity index (χ3v) is 6.67. The molecule has 0 aliphatic rings. The molecule has 2 aromatic rings. The summed E-state index contributed by atoms with van der Waals surface area (Å²) in [5.41, 5.74) is 1.67. The Hall–Kier alpha value is -2.29. The summed E-state index contributed by atoms with van der Waals surface area (Å²) in [5, 5.41) is 3.63. The second-order valence-corrected chi connectivity index (χ2v) is 10.6. The van der Waals surface area contributed by atoms with Gasteiger partial charge in [0.15, 0.2) is 0 Å². The van der Waals surface area contributed by atoms with Crippen molar-refractivity contribution in [2.45, 2.75) is 39.8 Å². The monoisotopic (exact) mass is 513 g/mol. The SMILES string of the molecule is CCCNC(=O)[C@H](C)N(Cc1cccc(Cl)c1)C(=O)CN(c1cc(Cl)ccc1C)S(C)(=O)=O. The Bertz CT molecular complexity index is 1110. The maximum atomic E-state index is 13.5. The lowest BCUT2D eigenvalue weighted by Gasteiger charge is -2.32. The quantitative estimate of drug-likeness (QED) is 0.519. The van der Waals surface area contributed by atoms with E-state index in [1.807, 2.05) is 6.92 Å². The van der Waals surface area contributed by atoms with Gasteiger partial charge in [-0.1, -0.05) is 48.3 Å². The third-order valence-electron chi connectivity index (χ3n) is 5.08. The van der Waals surface area contributed by atoms with Crippen LogP contribution in [-0.4, -0.2) is 50.5 Å². The van der Waals surface area contributed by atoms with E-state index in [0.717, 1.165) is 22.5 Å². The van der Waals surface area contributed by atoms with Gasteiger partial charge in [-0.05, 0) is 55.7 Å². The highest BCUT2D eigenvalue weighted by Crippen LogP contribution is 2.27. The van der Waals surface area contributed by atoms with E-state index in [1.54, 1.807) is 50.2 Å². The average Bonchev–Trinajstić information content (AvgIpc) is 2.74. The zero-order valence-electron chi connectivity index (χ0n) is 19.1. The summed E-state index contributed by atoms with van der Waals surface area (Å²) >= 11 is 12.2. The van der Waals surface area contributed by atoms with Crippen LogP contribution in [0.15, 0.2) is 42.5 Å². The van der Waals surface area contributed by atoms with Crippen molar-refractivity contribution in [1.82, 2.24) is 10.2 Å². The van der Waals surface area contributed by atoms with Gasteiger partial charge in [0.25, 0.3) is 0 Å². The molecule has 0 unspecified atom stereocenters. The number of nitrogens with one attached hydrogen (secondary N) is 1. The molecule has 0 spiro atoms. The van der Waals surface area contributed by atoms with Gasteiger partial charge in [-0.25, -0.2) is 8.42 Å². The maximum absolute atomic E-state index is 13.5. The summed E-state index contributed by atoms with van der Waals surface area (Å²) in [7, 11) is -3.82. The Morgan fingerprint density at radius 1 is 1.09 bits per heavy atom. The highest BCUT2D eigenvalue weighted by Gasteiger charge is 2.30. The van der Waals surface area contributed by atoms with Gasteiger partial charge < -0.3 is 10.2 Å². The molecule has 7 nitrogen and oxygen atoms in total. The Morgan fingerprint density at radius 2 is 1.76 bits per heavy atom. The van der Waals surface area contributed by atoms with Gasteiger partial charge in [0.1, 0.15) is 12.6 Å². The van der Waals surface area contributed by atoms with Crippen LogP contribution in [0.5, 0.6) is 0 Å². The van der Waals surface area contributed by atoms with E-state index in [9.17, 15) is 18.0 Å². The Morgan fingerprint density at radius 3 is 2.36 bits per heavy atom. The fourth-order valence-corrected chi connectivity index (χ4v) is 4.53. The largest absolute Gasteiger partial charge is 0.354 e. The van der Waals surface area contributed by atoms with Crippen LogP contribution in [0.1, 0.15) is 31.4 Å². The van der Waals surface area contributed by atoms with Crippen molar-refractivity contribution in [2.24, 2.45) is 0 Å². The fraction of sp³-hybridized carbons (Fsp3) is 0.391. The number of benzene rings is 2. The number of amides is 2. The molecule has 0 radical (unpaired) electrons. The van der Waals surface area contributed by atoms with Crippen molar-refractivity contribution in [3.05, 3.63) is 63.6 Å². The molecule has 33 heavy (non-hydrogen) atoms. The third kappa shape index (κ3) is 7.62. The van der Waals surface area contributed by atoms with Crippen molar-refractivity contribution in [3.8, 4) is 0 Å². The van der Waals surface area contributed by atoms with E-state index in [1.165, 1.54) is 11.0 Å². The molecule has 0 fully saturated rings. The molecule has 2 amide bonds. The first-order valence-electron chi connectivity index (χ1n) is 10.5. The predicted octanol–water partition coefficient (Wildman–Crippen LogP) is 4.01. The lowest BCUT2D eigenvalue weighted by atomic mass is 10.1. The van der Waals surface area contributed by atoms with Crippen LogP contribution in [0.4, 0.5) is 5.69 Å². The zero-order chi connectivity index (χ0) is 24.8. The van der Waals surface area contributed by atoms with Crippen LogP contribution in [0.25, 0.3) is 0 Å². The molecule has 0 aliphatic carbocycles. The van der Waals surface area contributed by atoms with Crippen LogP contribution >= 0.6 is 23.2 Å². The van der Waals surface area contributed by atoms with Gasteiger partial charge in [0.2, 0.25) is 21.8 Å². The van der Waals surface area contributed by atoms with E-state index in [4.69, 9.17) is 23.2 Å². The molecule has 10 heteroatoms. The number of hydrogen-bond acceptors (Lipinski definition) is 4. The minimum Gasteiger partial charge on any atom is -0.354 e. The lowest BCUT2D eigenvalue weighted by Crippen LogP contribution is -2.51. The number of carbonyl (C=O) groups is 2. The molecule has 0 saturated heterocycles. The molecule has 0 bridgehead atoms. The van der Waals surface area contributed by atoms with Gasteiger partial charge in [-0.3, -0.25) is 13.9 Å². The smallest absolute Gasteiger partial charge is 0.244 e. The van der Waals surface area contributed by atoms with Crippen molar-refractivity contribution in [1.29, 1.82) is 0 Å². The van der Waals surface area contributed by atoms with Gasteiger partial charge in [0, 0.05) is 23.1 Å². The molecule has 2 rings (SSSR count). The minimum atomic E-state index is -3.82. The average molecular weight is 514 g/mol. The summed E-state index contributed by atoms with van der Waals surface area (Å²) in [6, 6.07) is 11.0. The molecule has 0 aromatic heterocycles. The van der Waals surface area contributed by atoms with Crippen LogP contribution in [0, 0.1) is 6.92 Å². The number of anilines is 1. The summed E-state index contributed by atoms with van der Waals surface area (Å²) in [5.74, 6) is -0.851. The predicted molar refractivity (Wildman–Crippen MR) is 133 cm³/mol. The molecule has 1 atom stereocenters. The van der Waals surface area contributed by atoms with Crippen LogP contribution in [0.2, 0.25) is 10.0 Å². The van der Waals surface area contributed by atoms with Gasteiger partial charge in [0.05, 0.1) is 11.9 Å². The molecule has 0 saturated carbocycles. The standard InChI is InChI=1S/C23H29Cl2N3O4S/c1-5-11-26-23(30)17(3)27(14-18-7-6-8-19(24)12-18)22(29)15-28(33(4,31)32)21-13-20(25)10-9-16(21)2/h6-10,12-13,17H,5,11,14-15H2,1-4H3,(H,26,30)/t17-/m0/s1. The van der Waals surface area contributed by atoms with Crippen LogP contribution in [0.3, 0.4) is 0 Å². The molecule has 2 aromatic carbocycles. The van der Waals surface area contributed by atoms with Crippen molar-refractivity contribution in [2.75, 3.05) is 23.7 Å². The van der Waals surface area contributed by atoms with Gasteiger partial charge >= 0.3 is 0 Å². The first-order chi connectivity index (χ1) is 15.4. The summed E-state index contributed by atoms with van der Waals surface area (Å²) in [4.78, 5) is 27.5. The topological polar surface area (TPSA) is 86.8 Å². The van der Waals surface area contributed by atoms with E-state index in [-0.39, 0.29) is 12.5 Å². The van der Waals surface area contributed by atoms with E-state index in [0.29, 0.717) is 27.8 Å². The zero-order valence-corrected chi connectivity index (χ0v) is 21.5. The highest BCUT2D eigenvalue weighted by atomic mass is 35.5. The lowest BCUT2D eigenvalue weighted by molar-refractivity contribution is -0.139. The normalized spacial score (nSPS) is 12.2. The van der Waals surface area contributed by atoms with E-state index >= 15 is 0 Å². The second kappa shape index (κ2) is 11.7. The van der Waals surface area contributed by atoms with Crippen molar-refractivity contribution >= 4 is 50.7 Å². The highest BCUT2D eigenvalue weighted by molar-refractivity contribution is 7.92. The van der Waals surface area contributed by atoms with Crippen molar-refractivity contribution < 1.29 is 18.0 Å². The summed E-state index contributed by atoms with van der Waals surface area (Å²) in [6.07, 6.45) is 1.77. The Balaban J connectivity index is 2.42. The number of nitrogens with zero attached hydrogens (tertiary/aromatic N) is 2. The molecule has 180 valence electrons. The number of hydrogen-bond donors (Lipinski definition) is 1. The first-order valence-corrected chi connectivity index (χ1v) is 13.1. The fourth-order valence-electron chi connectivity index (χ4n) is 3.26. The van der Waals surface area contributed by atoms with E-state index in [2.05, 4.69) is 5.32 Å². The second-order valence-electron chi connectivity index (χ2n) is 7.82. The Labute approximate surface area is 205 Å². The van der Waals surface area contributed by atoms with Crippen molar-refractivity contribution in [3.63, 3.8) is 0 Å². The van der Waals surface area contributed by atoms with Crippen LogP contribution < -0.4 is 9.62 Å². The number of sulfonamides is 1.